The lowest BCUT2D eigenvalue weighted by molar-refractivity contribution is 0.0699. The largest absolute Gasteiger partial charge is 0.493 e. The lowest BCUT2D eigenvalue weighted by Crippen LogP contribution is -2.04. The maximum atomic E-state index is 11.8. The highest BCUT2D eigenvalue weighted by Crippen LogP contribution is 2.27. The number of ether oxygens (including phenoxy) is 1. The van der Waals surface area contributed by atoms with Gasteiger partial charge in [-0.2, -0.15) is 0 Å². The Balaban J connectivity index is 1.63. The summed E-state index contributed by atoms with van der Waals surface area (Å²) in [5, 5.41) is 10.3. The monoisotopic (exact) mass is 524 g/mol. The maximum Gasteiger partial charge on any atom is 0.336 e. The van der Waals surface area contributed by atoms with Crippen LogP contribution < -0.4 is 4.74 Å². The second kappa shape index (κ2) is 9.01. The lowest BCUT2D eigenvalue weighted by Gasteiger charge is -2.10. The van der Waals surface area contributed by atoms with Crippen LogP contribution in [0.1, 0.15) is 24.2 Å². The number of aromatic nitrogens is 2. The van der Waals surface area contributed by atoms with E-state index in [4.69, 9.17) is 4.74 Å². The summed E-state index contributed by atoms with van der Waals surface area (Å²) in [5.41, 5.74) is 4.02. The summed E-state index contributed by atoms with van der Waals surface area (Å²) in [6.45, 7) is 4.92. The predicted molar refractivity (Wildman–Crippen MR) is 130 cm³/mol. The van der Waals surface area contributed by atoms with Crippen LogP contribution >= 0.6 is 22.6 Å². The molecule has 0 bridgehead atoms. The van der Waals surface area contributed by atoms with Crippen molar-refractivity contribution in [2.45, 2.75) is 13.8 Å². The van der Waals surface area contributed by atoms with Crippen LogP contribution in [0.4, 0.5) is 0 Å². The van der Waals surface area contributed by atoms with E-state index in [2.05, 4.69) is 46.4 Å². The zero-order valence-electron chi connectivity index (χ0n) is 17.2. The van der Waals surface area contributed by atoms with E-state index in [1.807, 2.05) is 54.6 Å². The fourth-order valence-corrected chi connectivity index (χ4v) is 3.72. The number of halogens is 1. The highest BCUT2D eigenvalue weighted by molar-refractivity contribution is 14.1. The van der Waals surface area contributed by atoms with Crippen LogP contribution in [0.5, 0.6) is 5.75 Å². The molecule has 2 aromatic heterocycles. The second-order valence-corrected chi connectivity index (χ2v) is 8.93. The number of hydrogen-bond acceptors (Lipinski definition) is 4. The van der Waals surface area contributed by atoms with Crippen molar-refractivity contribution in [3.63, 3.8) is 0 Å². The van der Waals surface area contributed by atoms with Crippen LogP contribution in [0.2, 0.25) is 0 Å². The summed E-state index contributed by atoms with van der Waals surface area (Å²) in [6, 6.07) is 18.9. The van der Waals surface area contributed by atoms with Crippen molar-refractivity contribution in [3.8, 4) is 28.3 Å². The number of fused-ring (bicyclic) bond motifs is 1. The van der Waals surface area contributed by atoms with Gasteiger partial charge in [-0.3, -0.25) is 4.98 Å². The van der Waals surface area contributed by atoms with Crippen molar-refractivity contribution in [2.24, 2.45) is 5.92 Å². The van der Waals surface area contributed by atoms with E-state index < -0.39 is 5.97 Å². The van der Waals surface area contributed by atoms with Crippen LogP contribution in [-0.4, -0.2) is 27.7 Å². The molecule has 0 aliphatic heterocycles. The molecule has 156 valence electrons. The molecule has 0 saturated carbocycles. The van der Waals surface area contributed by atoms with E-state index in [9.17, 15) is 9.90 Å². The molecule has 0 fully saturated rings. The zero-order valence-corrected chi connectivity index (χ0v) is 19.3. The van der Waals surface area contributed by atoms with Crippen LogP contribution in [0.15, 0.2) is 66.9 Å². The Labute approximate surface area is 194 Å². The number of pyridine rings is 2. The predicted octanol–water partition coefficient (Wildman–Crippen LogP) is 6.30. The quantitative estimate of drug-likeness (QED) is 0.300. The smallest absolute Gasteiger partial charge is 0.336 e. The number of rotatable bonds is 6. The van der Waals surface area contributed by atoms with E-state index in [1.54, 1.807) is 12.3 Å². The lowest BCUT2D eigenvalue weighted by atomic mass is 10.0. The number of hydrogen-bond donors (Lipinski definition) is 1. The molecule has 0 aliphatic rings. The average molecular weight is 524 g/mol. The first-order valence-corrected chi connectivity index (χ1v) is 11.0. The third kappa shape index (κ3) is 4.85. The van der Waals surface area contributed by atoms with Gasteiger partial charge in [-0.15, -0.1) is 0 Å². The topological polar surface area (TPSA) is 72.3 Å². The minimum atomic E-state index is -0.980. The molecule has 1 N–H and O–H groups in total. The molecule has 31 heavy (non-hydrogen) atoms. The summed E-state index contributed by atoms with van der Waals surface area (Å²) in [6.07, 6.45) is 1.78. The fraction of sp³-hybridized carbons (Fsp3) is 0.160. The first-order chi connectivity index (χ1) is 14.9. The molecule has 4 rings (SSSR count). The normalized spacial score (nSPS) is 11.1. The van der Waals surface area contributed by atoms with E-state index in [-0.39, 0.29) is 5.56 Å². The van der Waals surface area contributed by atoms with Crippen LogP contribution in [0, 0.1) is 9.49 Å². The Morgan fingerprint density at radius 1 is 1.00 bits per heavy atom. The zero-order chi connectivity index (χ0) is 22.0. The molecule has 5 nitrogen and oxygen atoms in total. The van der Waals surface area contributed by atoms with E-state index >= 15 is 0 Å². The third-order valence-corrected chi connectivity index (χ3v) is 5.47. The molecule has 4 aromatic rings. The van der Waals surface area contributed by atoms with E-state index in [0.29, 0.717) is 34.8 Å². The molecule has 0 saturated heterocycles. The molecule has 0 unspecified atom stereocenters. The van der Waals surface area contributed by atoms with Crippen molar-refractivity contribution in [1.82, 2.24) is 9.97 Å². The Bertz CT molecular complexity index is 1240. The number of carboxylic acid groups (broad SMARTS) is 1. The summed E-state index contributed by atoms with van der Waals surface area (Å²) in [7, 11) is 0. The third-order valence-electron chi connectivity index (χ3n) is 4.80. The standard InChI is InChI=1S/C25H21IN2O3/c1-15(2)14-31-19-7-3-16(4-8-19)17-5-9-23(27-13-17)24-12-21(25(29)30)20-11-18(26)6-10-22(20)28-24/h3-13,15H,14H2,1-2H3,(H,29,30). The van der Waals surface area contributed by atoms with Gasteiger partial charge in [0.05, 0.1) is 29.1 Å². The Hall–Kier alpha value is -3.00. The van der Waals surface area contributed by atoms with Gasteiger partial charge in [-0.05, 0) is 76.5 Å². The summed E-state index contributed by atoms with van der Waals surface area (Å²) >= 11 is 2.17. The molecule has 6 heteroatoms. The minimum absolute atomic E-state index is 0.223. The summed E-state index contributed by atoms with van der Waals surface area (Å²) in [5.74, 6) is 0.343. The Morgan fingerprint density at radius 3 is 2.39 bits per heavy atom. The minimum Gasteiger partial charge on any atom is -0.493 e. The number of aromatic carboxylic acids is 1. The second-order valence-electron chi connectivity index (χ2n) is 7.68. The van der Waals surface area contributed by atoms with Crippen molar-refractivity contribution in [2.75, 3.05) is 6.61 Å². The van der Waals surface area contributed by atoms with Crippen LogP contribution in [0.25, 0.3) is 33.4 Å². The molecule has 2 heterocycles. The van der Waals surface area contributed by atoms with Gasteiger partial charge in [0.1, 0.15) is 5.75 Å². The summed E-state index contributed by atoms with van der Waals surface area (Å²) < 4.78 is 6.70. The van der Waals surface area contributed by atoms with Gasteiger partial charge in [0, 0.05) is 20.7 Å². The van der Waals surface area contributed by atoms with E-state index in [0.717, 1.165) is 20.4 Å². The molecule has 0 aliphatic carbocycles. The molecule has 0 radical (unpaired) electrons. The highest BCUT2D eigenvalue weighted by atomic mass is 127. The van der Waals surface area contributed by atoms with Crippen LogP contribution in [-0.2, 0) is 0 Å². The van der Waals surface area contributed by atoms with Crippen molar-refractivity contribution in [3.05, 3.63) is 76.0 Å². The molecular formula is C25H21IN2O3. The molecule has 0 spiro atoms. The van der Waals surface area contributed by atoms with Gasteiger partial charge in [-0.1, -0.05) is 32.0 Å². The SMILES string of the molecule is CC(C)COc1ccc(-c2ccc(-c3cc(C(=O)O)c4cc(I)ccc4n3)nc2)cc1. The first-order valence-electron chi connectivity index (χ1n) is 9.94. The van der Waals surface area contributed by atoms with Gasteiger partial charge >= 0.3 is 5.97 Å². The van der Waals surface area contributed by atoms with Gasteiger partial charge < -0.3 is 9.84 Å². The van der Waals surface area contributed by atoms with E-state index in [1.165, 1.54) is 0 Å². The molecular weight excluding hydrogens is 503 g/mol. The number of nitrogens with zero attached hydrogens (tertiary/aromatic N) is 2. The van der Waals surface area contributed by atoms with Crippen LogP contribution in [0.3, 0.4) is 0 Å². The number of carboxylic acids is 1. The highest BCUT2D eigenvalue weighted by Gasteiger charge is 2.14. The van der Waals surface area contributed by atoms with Crippen molar-refractivity contribution >= 4 is 39.5 Å². The van der Waals surface area contributed by atoms with Gasteiger partial charge in [0.2, 0.25) is 0 Å². The van der Waals surface area contributed by atoms with Crippen molar-refractivity contribution in [1.29, 1.82) is 0 Å². The Kier molecular flexibility index (Phi) is 6.18. The summed E-state index contributed by atoms with van der Waals surface area (Å²) in [4.78, 5) is 21.0. The average Bonchev–Trinajstić information content (AvgIpc) is 2.77. The maximum absolute atomic E-state index is 11.8. The van der Waals surface area contributed by atoms with Gasteiger partial charge in [0.15, 0.2) is 0 Å². The molecule has 0 amide bonds. The fourth-order valence-electron chi connectivity index (χ4n) is 3.23. The number of benzene rings is 2. The van der Waals surface area contributed by atoms with Crippen molar-refractivity contribution < 1.29 is 14.6 Å². The van der Waals surface area contributed by atoms with Gasteiger partial charge in [0.25, 0.3) is 0 Å². The molecule has 0 atom stereocenters. The molecule has 2 aromatic carbocycles. The Morgan fingerprint density at radius 2 is 1.74 bits per heavy atom. The number of carbonyl (C=O) groups is 1. The van der Waals surface area contributed by atoms with Gasteiger partial charge in [-0.25, -0.2) is 9.78 Å². The first kappa shape index (κ1) is 21.2.